The summed E-state index contributed by atoms with van der Waals surface area (Å²) in [6.07, 6.45) is 1.65. The van der Waals surface area contributed by atoms with Crippen LogP contribution in [0.5, 0.6) is 0 Å². The minimum Gasteiger partial charge on any atom is -0.337 e. The zero-order valence-corrected chi connectivity index (χ0v) is 11.3. The van der Waals surface area contributed by atoms with Crippen molar-refractivity contribution in [3.8, 4) is 6.07 Å². The van der Waals surface area contributed by atoms with Crippen molar-refractivity contribution in [1.29, 1.82) is 5.26 Å². The molecule has 0 aliphatic carbocycles. The Morgan fingerprint density at radius 1 is 1.50 bits per heavy atom. The van der Waals surface area contributed by atoms with E-state index in [1.54, 1.807) is 11.0 Å². The maximum absolute atomic E-state index is 13.2. The second-order valence-corrected chi connectivity index (χ2v) is 5.29. The van der Waals surface area contributed by atoms with Gasteiger partial charge in [0.25, 0.3) is 5.91 Å². The van der Waals surface area contributed by atoms with Gasteiger partial charge in [-0.1, -0.05) is 15.9 Å². The number of benzene rings is 1. The molecular weight excluding hydrogens is 299 g/mol. The highest BCUT2D eigenvalue weighted by molar-refractivity contribution is 9.10. The van der Waals surface area contributed by atoms with Crippen LogP contribution >= 0.6 is 15.9 Å². The summed E-state index contributed by atoms with van der Waals surface area (Å²) in [6, 6.07) is 6.32. The van der Waals surface area contributed by atoms with Crippen LogP contribution in [0, 0.1) is 23.1 Å². The second-order valence-electron chi connectivity index (χ2n) is 4.38. The molecule has 1 amide bonds. The van der Waals surface area contributed by atoms with Crippen LogP contribution in [0.2, 0.25) is 0 Å². The van der Waals surface area contributed by atoms with Gasteiger partial charge in [-0.15, -0.1) is 0 Å². The van der Waals surface area contributed by atoms with E-state index in [9.17, 15) is 9.18 Å². The number of likely N-dealkylation sites (tertiary alicyclic amines) is 1. The lowest BCUT2D eigenvalue weighted by Gasteiger charge is -2.29. The summed E-state index contributed by atoms with van der Waals surface area (Å²) >= 11 is 3.17. The van der Waals surface area contributed by atoms with Crippen molar-refractivity contribution in [2.75, 3.05) is 13.1 Å². The van der Waals surface area contributed by atoms with Gasteiger partial charge < -0.3 is 4.90 Å². The number of amides is 1. The molecule has 0 bridgehead atoms. The fourth-order valence-corrected chi connectivity index (χ4v) is 2.59. The summed E-state index contributed by atoms with van der Waals surface area (Å²) in [5.41, 5.74) is 0.320. The average molecular weight is 311 g/mol. The number of nitriles is 1. The fraction of sp³-hybridized carbons (Fsp3) is 0.385. The molecule has 1 aromatic rings. The van der Waals surface area contributed by atoms with Crippen molar-refractivity contribution in [1.82, 2.24) is 4.90 Å². The van der Waals surface area contributed by atoms with Crippen LogP contribution in [-0.4, -0.2) is 23.9 Å². The predicted molar refractivity (Wildman–Crippen MR) is 68.3 cm³/mol. The van der Waals surface area contributed by atoms with Crippen LogP contribution in [0.25, 0.3) is 0 Å². The van der Waals surface area contributed by atoms with Crippen molar-refractivity contribution in [3.63, 3.8) is 0 Å². The zero-order chi connectivity index (χ0) is 13.1. The summed E-state index contributed by atoms with van der Waals surface area (Å²) in [4.78, 5) is 13.8. The Labute approximate surface area is 113 Å². The predicted octanol–water partition coefficient (Wildman–Crippen LogP) is 2.96. The smallest absolute Gasteiger partial charge is 0.254 e. The first-order chi connectivity index (χ1) is 8.60. The molecule has 1 heterocycles. The van der Waals surface area contributed by atoms with E-state index in [2.05, 4.69) is 22.0 Å². The third kappa shape index (κ3) is 2.88. The fourth-order valence-electron chi connectivity index (χ4n) is 2.13. The van der Waals surface area contributed by atoms with Gasteiger partial charge in [-0.05, 0) is 31.0 Å². The lowest BCUT2D eigenvalue weighted by atomic mass is 9.99. The zero-order valence-electron chi connectivity index (χ0n) is 9.70. The molecule has 1 aliphatic heterocycles. The molecule has 1 aliphatic rings. The molecule has 3 nitrogen and oxygen atoms in total. The minimum absolute atomic E-state index is 0.111. The minimum atomic E-state index is -0.443. The number of hydrogen-bond acceptors (Lipinski definition) is 2. The van der Waals surface area contributed by atoms with Crippen LogP contribution < -0.4 is 0 Å². The number of hydrogen-bond donors (Lipinski definition) is 0. The van der Waals surface area contributed by atoms with E-state index in [0.29, 0.717) is 23.1 Å². The number of nitrogens with zero attached hydrogens (tertiary/aromatic N) is 2. The highest BCUT2D eigenvalue weighted by Crippen LogP contribution is 2.20. The highest BCUT2D eigenvalue weighted by Gasteiger charge is 2.24. The molecule has 0 radical (unpaired) electrons. The summed E-state index contributed by atoms with van der Waals surface area (Å²) in [6.45, 7) is 1.06. The Hall–Kier alpha value is -1.41. The van der Waals surface area contributed by atoms with Gasteiger partial charge in [0.1, 0.15) is 5.82 Å². The van der Waals surface area contributed by atoms with Gasteiger partial charge in [0.05, 0.1) is 12.0 Å². The third-order valence-electron chi connectivity index (χ3n) is 3.00. The Morgan fingerprint density at radius 3 is 2.94 bits per heavy atom. The monoisotopic (exact) mass is 310 g/mol. The SMILES string of the molecule is N#CC1CCCN(C(=O)c2cc(F)cc(Br)c2)C1. The second kappa shape index (κ2) is 5.49. The van der Waals surface area contributed by atoms with E-state index in [1.807, 2.05) is 0 Å². The van der Waals surface area contributed by atoms with E-state index >= 15 is 0 Å². The normalized spacial score (nSPS) is 19.4. The molecular formula is C13H12BrFN2O. The maximum Gasteiger partial charge on any atom is 0.254 e. The quantitative estimate of drug-likeness (QED) is 0.800. The van der Waals surface area contributed by atoms with Crippen molar-refractivity contribution in [3.05, 3.63) is 34.1 Å². The number of carbonyl (C=O) groups excluding carboxylic acids is 1. The van der Waals surface area contributed by atoms with Gasteiger partial charge in [0.15, 0.2) is 0 Å². The number of halogens is 2. The maximum atomic E-state index is 13.2. The lowest BCUT2D eigenvalue weighted by molar-refractivity contribution is 0.0698. The van der Waals surface area contributed by atoms with Gasteiger partial charge in [-0.2, -0.15) is 5.26 Å². The summed E-state index contributed by atoms with van der Waals surface area (Å²) < 4.78 is 13.8. The van der Waals surface area contributed by atoms with Crippen LogP contribution in [0.4, 0.5) is 4.39 Å². The molecule has 2 rings (SSSR count). The largest absolute Gasteiger partial charge is 0.337 e. The Morgan fingerprint density at radius 2 is 2.28 bits per heavy atom. The summed E-state index contributed by atoms with van der Waals surface area (Å²) in [5, 5.41) is 8.89. The van der Waals surface area contributed by atoms with Crippen LogP contribution in [-0.2, 0) is 0 Å². The summed E-state index contributed by atoms with van der Waals surface area (Å²) in [5.74, 6) is -0.767. The van der Waals surface area contributed by atoms with E-state index in [1.165, 1.54) is 12.1 Å². The van der Waals surface area contributed by atoms with Crippen molar-refractivity contribution < 1.29 is 9.18 Å². The first-order valence-electron chi connectivity index (χ1n) is 5.75. The topological polar surface area (TPSA) is 44.1 Å². The van der Waals surface area contributed by atoms with Gasteiger partial charge in [-0.25, -0.2) is 4.39 Å². The lowest BCUT2D eigenvalue weighted by Crippen LogP contribution is -2.39. The van der Waals surface area contributed by atoms with Crippen molar-refractivity contribution in [2.45, 2.75) is 12.8 Å². The number of carbonyl (C=O) groups is 1. The van der Waals surface area contributed by atoms with Crippen LogP contribution in [0.3, 0.4) is 0 Å². The van der Waals surface area contributed by atoms with Crippen LogP contribution in [0.1, 0.15) is 23.2 Å². The standard InChI is InChI=1S/C13H12BrFN2O/c14-11-4-10(5-12(15)6-11)13(18)17-3-1-2-9(7-16)8-17/h4-6,9H,1-3,8H2. The molecule has 94 valence electrons. The van der Waals surface area contributed by atoms with Crippen LogP contribution in [0.15, 0.2) is 22.7 Å². The Kier molecular flexibility index (Phi) is 3.97. The summed E-state index contributed by atoms with van der Waals surface area (Å²) in [7, 11) is 0. The van der Waals surface area contributed by atoms with Gasteiger partial charge in [0, 0.05) is 23.1 Å². The number of rotatable bonds is 1. The first-order valence-corrected chi connectivity index (χ1v) is 6.54. The molecule has 1 unspecified atom stereocenters. The van der Waals surface area contributed by atoms with Crippen molar-refractivity contribution in [2.24, 2.45) is 5.92 Å². The molecule has 0 saturated carbocycles. The van der Waals surface area contributed by atoms with E-state index < -0.39 is 5.82 Å². The van der Waals surface area contributed by atoms with Crippen molar-refractivity contribution >= 4 is 21.8 Å². The highest BCUT2D eigenvalue weighted by atomic mass is 79.9. The van der Waals surface area contributed by atoms with Gasteiger partial charge >= 0.3 is 0 Å². The molecule has 0 N–H and O–H groups in total. The third-order valence-corrected chi connectivity index (χ3v) is 3.46. The number of piperidine rings is 1. The van der Waals surface area contributed by atoms with Gasteiger partial charge in [-0.3, -0.25) is 4.79 Å². The van der Waals surface area contributed by atoms with E-state index in [-0.39, 0.29) is 11.8 Å². The Balaban J connectivity index is 2.18. The Bertz CT molecular complexity index is 492. The molecule has 0 spiro atoms. The van der Waals surface area contributed by atoms with E-state index in [0.717, 1.165) is 12.8 Å². The molecule has 5 heteroatoms. The first kappa shape index (κ1) is 13.0. The molecule has 1 atom stereocenters. The van der Waals surface area contributed by atoms with Gasteiger partial charge in [0.2, 0.25) is 0 Å². The average Bonchev–Trinajstić information content (AvgIpc) is 2.37. The molecule has 1 aromatic carbocycles. The molecule has 1 fully saturated rings. The molecule has 1 saturated heterocycles. The molecule has 18 heavy (non-hydrogen) atoms. The molecule has 0 aromatic heterocycles. The van der Waals surface area contributed by atoms with E-state index in [4.69, 9.17) is 5.26 Å².